The third kappa shape index (κ3) is 6.71. The highest BCUT2D eigenvalue weighted by atomic mass is 35.5. The summed E-state index contributed by atoms with van der Waals surface area (Å²) in [5.41, 5.74) is -1.33. The van der Waals surface area contributed by atoms with Gasteiger partial charge in [0.25, 0.3) is 5.91 Å². The van der Waals surface area contributed by atoms with Crippen LogP contribution in [0.4, 0.5) is 4.79 Å². The van der Waals surface area contributed by atoms with E-state index >= 15 is 0 Å². The van der Waals surface area contributed by atoms with Gasteiger partial charge in [0.1, 0.15) is 5.75 Å². The van der Waals surface area contributed by atoms with Crippen molar-refractivity contribution in [2.75, 3.05) is 0 Å². The fourth-order valence-corrected chi connectivity index (χ4v) is 3.00. The van der Waals surface area contributed by atoms with E-state index in [0.717, 1.165) is 25.7 Å². The minimum atomic E-state index is -1.33. The van der Waals surface area contributed by atoms with Crippen molar-refractivity contribution < 1.29 is 23.9 Å². The van der Waals surface area contributed by atoms with Crippen LogP contribution in [-0.2, 0) is 14.3 Å². The van der Waals surface area contributed by atoms with Crippen LogP contribution in [0.2, 0.25) is 5.02 Å². The normalized spacial score (nSPS) is 16.0. The van der Waals surface area contributed by atoms with E-state index in [1.807, 2.05) is 0 Å². The first-order valence-electron chi connectivity index (χ1n) is 9.44. The van der Waals surface area contributed by atoms with Gasteiger partial charge in [-0.05, 0) is 57.9 Å². The summed E-state index contributed by atoms with van der Waals surface area (Å²) in [5.74, 6) is -0.975. The summed E-state index contributed by atoms with van der Waals surface area (Å²) < 4.78 is 10.8. The van der Waals surface area contributed by atoms with Gasteiger partial charge in [0.2, 0.25) is 0 Å². The maximum absolute atomic E-state index is 12.4. The van der Waals surface area contributed by atoms with Gasteiger partial charge in [0.05, 0.1) is 0 Å². The van der Waals surface area contributed by atoms with Gasteiger partial charge < -0.3 is 14.8 Å². The van der Waals surface area contributed by atoms with Crippen molar-refractivity contribution >= 4 is 29.5 Å². The molecule has 1 aromatic rings. The molecule has 0 unspecified atom stereocenters. The quantitative estimate of drug-likeness (QED) is 0.699. The maximum Gasteiger partial charge on any atom is 0.350 e. The minimum Gasteiger partial charge on any atom is -0.476 e. The third-order valence-corrected chi connectivity index (χ3v) is 4.76. The number of nitrogens with one attached hydrogen (secondary N) is 2. The van der Waals surface area contributed by atoms with Gasteiger partial charge in [-0.3, -0.25) is 10.1 Å². The molecule has 0 bridgehead atoms. The van der Waals surface area contributed by atoms with Crippen LogP contribution >= 0.6 is 11.6 Å². The van der Waals surface area contributed by atoms with Crippen LogP contribution in [0.15, 0.2) is 24.3 Å². The molecule has 8 heteroatoms. The topological polar surface area (TPSA) is 93.7 Å². The second kappa shape index (κ2) is 9.78. The average molecular weight is 411 g/mol. The molecule has 28 heavy (non-hydrogen) atoms. The molecule has 1 saturated carbocycles. The molecule has 3 amide bonds. The molecule has 0 saturated heterocycles. The lowest BCUT2D eigenvalue weighted by atomic mass is 9.96. The number of carbonyl (C=O) groups is 3. The first kappa shape index (κ1) is 22.0. The summed E-state index contributed by atoms with van der Waals surface area (Å²) in [6.45, 7) is 4.47. The van der Waals surface area contributed by atoms with E-state index in [9.17, 15) is 14.4 Å². The van der Waals surface area contributed by atoms with Crippen LogP contribution in [0.3, 0.4) is 0 Å². The van der Waals surface area contributed by atoms with Crippen molar-refractivity contribution in [3.63, 3.8) is 0 Å². The minimum absolute atomic E-state index is 0.0751. The molecule has 0 heterocycles. The molecule has 0 aliphatic heterocycles. The number of rotatable bonds is 6. The summed E-state index contributed by atoms with van der Waals surface area (Å²) in [4.78, 5) is 36.5. The zero-order valence-corrected chi connectivity index (χ0v) is 17.2. The highest BCUT2D eigenvalue weighted by molar-refractivity contribution is 6.30. The lowest BCUT2D eigenvalue weighted by Gasteiger charge is -2.26. The van der Waals surface area contributed by atoms with Gasteiger partial charge in [-0.15, -0.1) is 0 Å². The number of esters is 1. The fourth-order valence-electron chi connectivity index (χ4n) is 2.88. The Balaban J connectivity index is 1.82. The average Bonchev–Trinajstić information content (AvgIpc) is 2.64. The molecule has 1 atom stereocenters. The summed E-state index contributed by atoms with van der Waals surface area (Å²) in [6.07, 6.45) is 3.97. The van der Waals surface area contributed by atoms with E-state index in [1.165, 1.54) is 27.2 Å². The molecule has 154 valence electrons. The Morgan fingerprint density at radius 1 is 1.11 bits per heavy atom. The zero-order chi connectivity index (χ0) is 20.7. The molecule has 7 nitrogen and oxygen atoms in total. The largest absolute Gasteiger partial charge is 0.476 e. The third-order valence-electron chi connectivity index (χ3n) is 4.51. The van der Waals surface area contributed by atoms with Crippen LogP contribution in [0.25, 0.3) is 0 Å². The van der Waals surface area contributed by atoms with Crippen molar-refractivity contribution in [2.45, 2.75) is 70.6 Å². The predicted octanol–water partition coefficient (Wildman–Crippen LogP) is 3.59. The van der Waals surface area contributed by atoms with Gasteiger partial charge in [-0.2, -0.15) is 0 Å². The molecule has 1 aliphatic rings. The van der Waals surface area contributed by atoms with Crippen LogP contribution in [-0.4, -0.2) is 35.7 Å². The van der Waals surface area contributed by atoms with Crippen LogP contribution in [0, 0.1) is 0 Å². The monoisotopic (exact) mass is 410 g/mol. The number of carbonyl (C=O) groups excluding carboxylic acids is 3. The number of benzene rings is 1. The van der Waals surface area contributed by atoms with Gasteiger partial charge in [0, 0.05) is 11.1 Å². The number of halogens is 1. The molecule has 1 aromatic carbocycles. The fraction of sp³-hybridized carbons (Fsp3) is 0.550. The van der Waals surface area contributed by atoms with Crippen molar-refractivity contribution in [1.29, 1.82) is 0 Å². The SMILES string of the molecule is C[C@@H](OC(=O)C(C)(C)Oc1ccc(Cl)cc1)C(=O)NC(=O)NC1CCCCC1. The van der Waals surface area contributed by atoms with E-state index in [0.29, 0.717) is 10.8 Å². The standard InChI is InChI=1S/C20H27ClN2O5/c1-13(17(24)23-19(26)22-15-7-5-4-6-8-15)27-18(25)20(2,3)28-16-11-9-14(21)10-12-16/h9-13,15H,4-8H2,1-3H3,(H2,22,23,24,26)/t13-/m1/s1. The highest BCUT2D eigenvalue weighted by Crippen LogP contribution is 2.22. The Morgan fingerprint density at radius 3 is 2.32 bits per heavy atom. The maximum atomic E-state index is 12.4. The van der Waals surface area contributed by atoms with Gasteiger partial charge in [0.15, 0.2) is 11.7 Å². The molecular formula is C20H27ClN2O5. The molecule has 0 aromatic heterocycles. The summed E-state index contributed by atoms with van der Waals surface area (Å²) in [7, 11) is 0. The Kier molecular flexibility index (Phi) is 7.69. The Hall–Kier alpha value is -2.28. The summed E-state index contributed by atoms with van der Waals surface area (Å²) >= 11 is 5.83. The van der Waals surface area contributed by atoms with E-state index in [1.54, 1.807) is 24.3 Å². The van der Waals surface area contributed by atoms with Crippen molar-refractivity contribution in [3.8, 4) is 5.75 Å². The number of amides is 3. The van der Waals surface area contributed by atoms with E-state index in [2.05, 4.69) is 10.6 Å². The van der Waals surface area contributed by atoms with E-state index < -0.39 is 29.6 Å². The van der Waals surface area contributed by atoms with Crippen molar-refractivity contribution in [1.82, 2.24) is 10.6 Å². The lowest BCUT2D eigenvalue weighted by molar-refractivity contribution is -0.167. The van der Waals surface area contributed by atoms with Gasteiger partial charge >= 0.3 is 12.0 Å². The zero-order valence-electron chi connectivity index (χ0n) is 16.4. The first-order valence-corrected chi connectivity index (χ1v) is 9.82. The Bertz CT molecular complexity index is 699. The number of hydrogen-bond donors (Lipinski definition) is 2. The van der Waals surface area contributed by atoms with E-state index in [-0.39, 0.29) is 6.04 Å². The number of hydrogen-bond acceptors (Lipinski definition) is 5. The lowest BCUT2D eigenvalue weighted by Crippen LogP contribution is -2.49. The predicted molar refractivity (Wildman–Crippen MR) is 105 cm³/mol. The molecule has 2 N–H and O–H groups in total. The number of urea groups is 1. The summed E-state index contributed by atoms with van der Waals surface area (Å²) in [6, 6.07) is 6.03. The van der Waals surface area contributed by atoms with Crippen molar-refractivity contribution in [2.24, 2.45) is 0 Å². The van der Waals surface area contributed by atoms with Crippen LogP contribution in [0.1, 0.15) is 52.9 Å². The molecular weight excluding hydrogens is 384 g/mol. The highest BCUT2D eigenvalue weighted by Gasteiger charge is 2.34. The second-order valence-corrected chi connectivity index (χ2v) is 7.85. The Labute approximate surface area is 170 Å². The van der Waals surface area contributed by atoms with Crippen molar-refractivity contribution in [3.05, 3.63) is 29.3 Å². The second-order valence-electron chi connectivity index (χ2n) is 7.41. The molecule has 1 aliphatic carbocycles. The summed E-state index contributed by atoms with van der Waals surface area (Å²) in [5, 5.41) is 5.54. The Morgan fingerprint density at radius 2 is 1.71 bits per heavy atom. The van der Waals surface area contributed by atoms with Crippen LogP contribution < -0.4 is 15.4 Å². The molecule has 0 radical (unpaired) electrons. The van der Waals surface area contributed by atoms with E-state index in [4.69, 9.17) is 21.1 Å². The molecule has 2 rings (SSSR count). The van der Waals surface area contributed by atoms with Crippen LogP contribution in [0.5, 0.6) is 5.75 Å². The first-order chi connectivity index (χ1) is 13.2. The molecule has 0 spiro atoms. The van der Waals surface area contributed by atoms with Gasteiger partial charge in [-0.1, -0.05) is 30.9 Å². The smallest absolute Gasteiger partial charge is 0.350 e. The van der Waals surface area contributed by atoms with Gasteiger partial charge in [-0.25, -0.2) is 9.59 Å². The number of ether oxygens (including phenoxy) is 2. The molecule has 1 fully saturated rings. The number of imide groups is 1.